The Hall–Kier alpha value is -0.990. The summed E-state index contributed by atoms with van der Waals surface area (Å²) in [5, 5.41) is -0.163. The first-order valence-corrected chi connectivity index (χ1v) is 7.45. The van der Waals surface area contributed by atoms with Crippen molar-refractivity contribution in [1.29, 1.82) is 0 Å². The lowest BCUT2D eigenvalue weighted by Crippen LogP contribution is -2.05. The summed E-state index contributed by atoms with van der Waals surface area (Å²) in [5.41, 5.74) is 2.12. The van der Waals surface area contributed by atoms with E-state index in [-0.39, 0.29) is 11.5 Å². The molecule has 100 valence electrons. The van der Waals surface area contributed by atoms with Gasteiger partial charge >= 0.3 is 0 Å². The fraction of sp³-hybridized carbons (Fsp3) is 0.250. The maximum Gasteiger partial charge on any atom is 0.120 e. The van der Waals surface area contributed by atoms with Crippen LogP contribution < -0.4 is 4.74 Å². The smallest absolute Gasteiger partial charge is 0.120 e. The Labute approximate surface area is 127 Å². The highest BCUT2D eigenvalue weighted by molar-refractivity contribution is 9.10. The van der Waals surface area contributed by atoms with Crippen LogP contribution in [0.3, 0.4) is 0 Å². The van der Waals surface area contributed by atoms with Crippen LogP contribution >= 0.6 is 27.5 Å². The number of hydrogen-bond acceptors (Lipinski definition) is 1. The van der Waals surface area contributed by atoms with E-state index in [0.717, 1.165) is 21.3 Å². The van der Waals surface area contributed by atoms with Gasteiger partial charge in [0.1, 0.15) is 5.75 Å². The summed E-state index contributed by atoms with van der Waals surface area (Å²) in [6.45, 7) is 4.03. The minimum atomic E-state index is -0.163. The van der Waals surface area contributed by atoms with Crippen molar-refractivity contribution in [3.63, 3.8) is 0 Å². The van der Waals surface area contributed by atoms with Crippen LogP contribution in [0.25, 0.3) is 0 Å². The van der Waals surface area contributed by atoms with Crippen molar-refractivity contribution < 1.29 is 4.74 Å². The minimum Gasteiger partial charge on any atom is -0.491 e. The maximum atomic E-state index is 6.52. The molecule has 3 heteroatoms. The summed E-state index contributed by atoms with van der Waals surface area (Å²) < 4.78 is 6.75. The Morgan fingerprint density at radius 3 is 2.32 bits per heavy atom. The quantitative estimate of drug-likeness (QED) is 0.662. The summed E-state index contributed by atoms with van der Waals surface area (Å²) in [7, 11) is 0. The van der Waals surface area contributed by atoms with Crippen LogP contribution in [0.15, 0.2) is 53.0 Å². The summed E-state index contributed by atoms with van der Waals surface area (Å²) >= 11 is 9.95. The molecule has 0 bridgehead atoms. The molecule has 1 unspecified atom stereocenters. The van der Waals surface area contributed by atoms with Gasteiger partial charge in [-0.3, -0.25) is 0 Å². The zero-order valence-corrected chi connectivity index (χ0v) is 13.3. The van der Waals surface area contributed by atoms with Crippen molar-refractivity contribution in [3.8, 4) is 5.75 Å². The molecule has 2 aromatic rings. The lowest BCUT2D eigenvalue weighted by atomic mass is 10.0. The number of rotatable bonds is 4. The van der Waals surface area contributed by atoms with Gasteiger partial charge in [-0.1, -0.05) is 40.2 Å². The van der Waals surface area contributed by atoms with E-state index < -0.39 is 0 Å². The molecule has 1 nitrogen and oxygen atoms in total. The van der Waals surface area contributed by atoms with E-state index in [2.05, 4.69) is 15.9 Å². The zero-order valence-electron chi connectivity index (χ0n) is 10.9. The molecule has 0 heterocycles. The zero-order chi connectivity index (χ0) is 13.8. The molecular formula is C16H16BrClO. The van der Waals surface area contributed by atoms with Gasteiger partial charge in [0, 0.05) is 4.47 Å². The fourth-order valence-electron chi connectivity index (χ4n) is 1.84. The van der Waals surface area contributed by atoms with E-state index in [1.54, 1.807) is 0 Å². The Morgan fingerprint density at radius 2 is 1.68 bits per heavy atom. The maximum absolute atomic E-state index is 6.52. The molecule has 0 fully saturated rings. The fourth-order valence-corrected chi connectivity index (χ4v) is 2.39. The average Bonchev–Trinajstić information content (AvgIpc) is 2.38. The second-order valence-corrected chi connectivity index (χ2v) is 6.01. The van der Waals surface area contributed by atoms with Gasteiger partial charge in [0.25, 0.3) is 0 Å². The Balaban J connectivity index is 2.23. The number of hydrogen-bond donors (Lipinski definition) is 0. The number of halogens is 2. The summed E-state index contributed by atoms with van der Waals surface area (Å²) in [5.74, 6) is 0.857. The van der Waals surface area contributed by atoms with E-state index in [1.165, 1.54) is 0 Å². The van der Waals surface area contributed by atoms with Crippen LogP contribution in [0.1, 0.15) is 30.4 Å². The molecular weight excluding hydrogens is 324 g/mol. The number of benzene rings is 2. The first-order valence-electron chi connectivity index (χ1n) is 6.22. The Kier molecular flexibility index (Phi) is 4.89. The molecule has 0 amide bonds. The monoisotopic (exact) mass is 338 g/mol. The topological polar surface area (TPSA) is 9.23 Å². The molecule has 0 saturated heterocycles. The van der Waals surface area contributed by atoms with Crippen LogP contribution in [0.5, 0.6) is 5.75 Å². The predicted molar refractivity (Wildman–Crippen MR) is 84.0 cm³/mol. The van der Waals surface area contributed by atoms with Crippen molar-refractivity contribution in [1.82, 2.24) is 0 Å². The number of alkyl halides is 1. The van der Waals surface area contributed by atoms with Crippen LogP contribution in [-0.4, -0.2) is 6.10 Å². The van der Waals surface area contributed by atoms with Crippen molar-refractivity contribution in [3.05, 3.63) is 64.1 Å². The van der Waals surface area contributed by atoms with Crippen molar-refractivity contribution >= 4 is 27.5 Å². The van der Waals surface area contributed by atoms with Gasteiger partial charge in [0.15, 0.2) is 0 Å². The van der Waals surface area contributed by atoms with E-state index in [1.807, 2.05) is 62.4 Å². The Bertz CT molecular complexity index is 537. The van der Waals surface area contributed by atoms with Crippen molar-refractivity contribution in [2.75, 3.05) is 0 Å². The van der Waals surface area contributed by atoms with E-state index in [4.69, 9.17) is 16.3 Å². The molecule has 0 aliphatic rings. The molecule has 0 spiro atoms. The molecule has 0 N–H and O–H groups in total. The molecule has 2 aromatic carbocycles. The van der Waals surface area contributed by atoms with Gasteiger partial charge in [-0.2, -0.15) is 0 Å². The predicted octanol–water partition coefficient (Wildman–Crippen LogP) is 5.56. The summed E-state index contributed by atoms with van der Waals surface area (Å²) in [6.07, 6.45) is 0.164. The minimum absolute atomic E-state index is 0.163. The van der Waals surface area contributed by atoms with Crippen LogP contribution in [0.2, 0.25) is 0 Å². The van der Waals surface area contributed by atoms with Crippen LogP contribution in [0.4, 0.5) is 0 Å². The van der Waals surface area contributed by atoms with E-state index >= 15 is 0 Å². The molecule has 0 aliphatic heterocycles. The molecule has 0 aliphatic carbocycles. The molecule has 0 aromatic heterocycles. The van der Waals surface area contributed by atoms with Gasteiger partial charge in [0.2, 0.25) is 0 Å². The summed E-state index contributed by atoms with van der Waals surface area (Å²) in [6, 6.07) is 16.0. The SMILES string of the molecule is CC(C)Oc1cccc(C(Cl)c2ccc(Br)cc2)c1. The molecule has 2 rings (SSSR count). The van der Waals surface area contributed by atoms with Crippen molar-refractivity contribution in [2.24, 2.45) is 0 Å². The third-order valence-electron chi connectivity index (χ3n) is 2.69. The Morgan fingerprint density at radius 1 is 1.00 bits per heavy atom. The third-order valence-corrected chi connectivity index (χ3v) is 3.72. The van der Waals surface area contributed by atoms with Crippen LogP contribution in [0, 0.1) is 0 Å². The average molecular weight is 340 g/mol. The first kappa shape index (κ1) is 14.4. The van der Waals surface area contributed by atoms with E-state index in [0.29, 0.717) is 0 Å². The standard InChI is InChI=1S/C16H16BrClO/c1-11(2)19-15-5-3-4-13(10-15)16(18)12-6-8-14(17)9-7-12/h3-11,16H,1-2H3. The molecule has 19 heavy (non-hydrogen) atoms. The lowest BCUT2D eigenvalue weighted by Gasteiger charge is -2.14. The molecule has 0 radical (unpaired) electrons. The first-order chi connectivity index (χ1) is 9.06. The highest BCUT2D eigenvalue weighted by Gasteiger charge is 2.11. The van der Waals surface area contributed by atoms with Crippen molar-refractivity contribution in [2.45, 2.75) is 25.3 Å². The summed E-state index contributed by atoms with van der Waals surface area (Å²) in [4.78, 5) is 0. The normalized spacial score (nSPS) is 12.5. The lowest BCUT2D eigenvalue weighted by molar-refractivity contribution is 0.242. The van der Waals surface area contributed by atoms with Gasteiger partial charge in [-0.15, -0.1) is 11.6 Å². The highest BCUT2D eigenvalue weighted by atomic mass is 79.9. The largest absolute Gasteiger partial charge is 0.491 e. The molecule has 0 saturated carbocycles. The third kappa shape index (κ3) is 3.99. The van der Waals surface area contributed by atoms with Gasteiger partial charge in [-0.05, 0) is 49.2 Å². The number of ether oxygens (including phenoxy) is 1. The highest BCUT2D eigenvalue weighted by Crippen LogP contribution is 2.31. The van der Waals surface area contributed by atoms with Gasteiger partial charge < -0.3 is 4.74 Å². The second-order valence-electron chi connectivity index (χ2n) is 4.65. The van der Waals surface area contributed by atoms with E-state index in [9.17, 15) is 0 Å². The van der Waals surface area contributed by atoms with Crippen LogP contribution in [-0.2, 0) is 0 Å². The van der Waals surface area contributed by atoms with Gasteiger partial charge in [-0.25, -0.2) is 0 Å². The second kappa shape index (κ2) is 6.44. The van der Waals surface area contributed by atoms with Gasteiger partial charge in [0.05, 0.1) is 11.5 Å². The molecule has 1 atom stereocenters.